The molecule has 1 unspecified atom stereocenters. The lowest BCUT2D eigenvalue weighted by molar-refractivity contribution is -0.120. The first-order valence-corrected chi connectivity index (χ1v) is 6.93. The molecule has 1 aliphatic rings. The Hall–Kier alpha value is -1.10. The van der Waals surface area contributed by atoms with Crippen molar-refractivity contribution in [3.63, 3.8) is 0 Å². The molecule has 1 atom stereocenters. The van der Waals surface area contributed by atoms with E-state index in [0.717, 1.165) is 25.1 Å². The minimum atomic E-state index is -0.00644. The molecule has 0 saturated carbocycles. The summed E-state index contributed by atoms with van der Waals surface area (Å²) in [4.78, 5) is 11.8. The Balaban J connectivity index is 1.74. The van der Waals surface area contributed by atoms with Gasteiger partial charge in [0.05, 0.1) is 6.54 Å². The van der Waals surface area contributed by atoms with Crippen molar-refractivity contribution in [3.8, 4) is 0 Å². The fourth-order valence-electron chi connectivity index (χ4n) is 2.16. The van der Waals surface area contributed by atoms with Crippen LogP contribution >= 0.6 is 11.6 Å². The average Bonchev–Trinajstić information content (AvgIpc) is 2.83. The molecule has 5 heteroatoms. The molecule has 1 aromatic carbocycles. The minimum absolute atomic E-state index is 0.00644. The van der Waals surface area contributed by atoms with Gasteiger partial charge in [-0.05, 0) is 31.5 Å². The van der Waals surface area contributed by atoms with Crippen LogP contribution in [0.15, 0.2) is 24.3 Å². The van der Waals surface area contributed by atoms with E-state index in [-0.39, 0.29) is 11.4 Å². The molecule has 1 aliphatic heterocycles. The first-order valence-electron chi connectivity index (χ1n) is 6.55. The van der Waals surface area contributed by atoms with Gasteiger partial charge in [-0.25, -0.2) is 0 Å². The first kappa shape index (κ1) is 14.3. The lowest BCUT2D eigenvalue weighted by Crippen LogP contribution is -2.48. The van der Waals surface area contributed by atoms with Crippen molar-refractivity contribution < 1.29 is 4.79 Å². The number of nitrogens with one attached hydrogen (secondary N) is 3. The molecule has 3 N–H and O–H groups in total. The summed E-state index contributed by atoms with van der Waals surface area (Å²) in [6, 6.07) is 7.53. The van der Waals surface area contributed by atoms with Crippen LogP contribution in [-0.2, 0) is 11.3 Å². The third-order valence-corrected chi connectivity index (χ3v) is 3.85. The summed E-state index contributed by atoms with van der Waals surface area (Å²) in [6.07, 6.45) is 1.05. The second-order valence-corrected chi connectivity index (χ2v) is 5.62. The van der Waals surface area contributed by atoms with Gasteiger partial charge in [0.25, 0.3) is 0 Å². The summed E-state index contributed by atoms with van der Waals surface area (Å²) in [5.74, 6) is -0.00644. The number of carbonyl (C=O) groups is 1. The molecular weight excluding hydrogens is 262 g/mol. The van der Waals surface area contributed by atoms with Gasteiger partial charge in [-0.1, -0.05) is 29.8 Å². The van der Waals surface area contributed by atoms with Gasteiger partial charge in [-0.3, -0.25) is 4.79 Å². The number of hydrogen-bond acceptors (Lipinski definition) is 3. The predicted molar refractivity (Wildman–Crippen MR) is 77.2 cm³/mol. The Morgan fingerprint density at radius 3 is 2.95 bits per heavy atom. The zero-order valence-corrected chi connectivity index (χ0v) is 11.9. The van der Waals surface area contributed by atoms with E-state index < -0.39 is 0 Å². The standard InChI is InChI=1S/C14H20ClN3O/c1-14(6-7-16-10-14)18-9-13(19)17-8-11-4-2-3-5-12(11)15/h2-5,16,18H,6-10H2,1H3,(H,17,19). The van der Waals surface area contributed by atoms with E-state index in [1.54, 1.807) is 0 Å². The molecule has 1 fully saturated rings. The van der Waals surface area contributed by atoms with Crippen LogP contribution in [0.2, 0.25) is 5.02 Å². The highest BCUT2D eigenvalue weighted by atomic mass is 35.5. The molecule has 1 amide bonds. The second-order valence-electron chi connectivity index (χ2n) is 5.21. The summed E-state index contributed by atoms with van der Waals surface area (Å²) in [6.45, 7) is 4.85. The highest BCUT2D eigenvalue weighted by Crippen LogP contribution is 2.14. The Morgan fingerprint density at radius 1 is 1.47 bits per heavy atom. The highest BCUT2D eigenvalue weighted by molar-refractivity contribution is 6.31. The van der Waals surface area contributed by atoms with Crippen molar-refractivity contribution in [3.05, 3.63) is 34.9 Å². The van der Waals surface area contributed by atoms with Gasteiger partial charge in [0.15, 0.2) is 0 Å². The van der Waals surface area contributed by atoms with Crippen molar-refractivity contribution in [2.24, 2.45) is 0 Å². The van der Waals surface area contributed by atoms with Crippen LogP contribution in [0.25, 0.3) is 0 Å². The number of rotatable bonds is 5. The Kier molecular flexibility index (Phi) is 4.80. The summed E-state index contributed by atoms with van der Waals surface area (Å²) in [7, 11) is 0. The van der Waals surface area contributed by atoms with Crippen LogP contribution in [-0.4, -0.2) is 31.1 Å². The number of benzene rings is 1. The van der Waals surface area contributed by atoms with Gasteiger partial charge in [0, 0.05) is 23.7 Å². The normalized spacial score (nSPS) is 22.4. The van der Waals surface area contributed by atoms with E-state index >= 15 is 0 Å². The number of hydrogen-bond donors (Lipinski definition) is 3. The number of halogens is 1. The lowest BCUT2D eigenvalue weighted by atomic mass is 10.0. The molecule has 4 nitrogen and oxygen atoms in total. The van der Waals surface area contributed by atoms with Gasteiger partial charge in [-0.15, -0.1) is 0 Å². The number of carbonyl (C=O) groups excluding carboxylic acids is 1. The van der Waals surface area contributed by atoms with Crippen molar-refractivity contribution in [1.82, 2.24) is 16.0 Å². The second kappa shape index (κ2) is 6.37. The molecule has 0 spiro atoms. The van der Waals surface area contributed by atoms with E-state index in [1.807, 2.05) is 24.3 Å². The Bertz CT molecular complexity index is 444. The van der Waals surface area contributed by atoms with Crippen LogP contribution in [0.3, 0.4) is 0 Å². The van der Waals surface area contributed by atoms with Crippen molar-refractivity contribution in [1.29, 1.82) is 0 Å². The fourth-order valence-corrected chi connectivity index (χ4v) is 2.36. The highest BCUT2D eigenvalue weighted by Gasteiger charge is 2.28. The summed E-state index contributed by atoms with van der Waals surface area (Å²) in [5, 5.41) is 10.1. The maximum atomic E-state index is 11.8. The van der Waals surface area contributed by atoms with Gasteiger partial charge in [-0.2, -0.15) is 0 Å². The third kappa shape index (κ3) is 4.20. The van der Waals surface area contributed by atoms with E-state index in [2.05, 4.69) is 22.9 Å². The summed E-state index contributed by atoms with van der Waals surface area (Å²) >= 11 is 6.04. The van der Waals surface area contributed by atoms with E-state index in [0.29, 0.717) is 18.1 Å². The molecular formula is C14H20ClN3O. The summed E-state index contributed by atoms with van der Waals surface area (Å²) in [5.41, 5.74) is 0.966. The van der Waals surface area contributed by atoms with E-state index in [1.165, 1.54) is 0 Å². The molecule has 0 radical (unpaired) electrons. The lowest BCUT2D eigenvalue weighted by Gasteiger charge is -2.24. The van der Waals surface area contributed by atoms with E-state index in [4.69, 9.17) is 11.6 Å². The Labute approximate surface area is 118 Å². The van der Waals surface area contributed by atoms with Crippen LogP contribution in [0, 0.1) is 0 Å². The smallest absolute Gasteiger partial charge is 0.234 e. The number of amides is 1. The van der Waals surface area contributed by atoms with Crippen LogP contribution in [0.1, 0.15) is 18.9 Å². The average molecular weight is 282 g/mol. The van der Waals surface area contributed by atoms with Crippen LogP contribution in [0.4, 0.5) is 0 Å². The van der Waals surface area contributed by atoms with Gasteiger partial charge in [0.1, 0.15) is 0 Å². The van der Waals surface area contributed by atoms with Gasteiger partial charge >= 0.3 is 0 Å². The SMILES string of the molecule is CC1(NCC(=O)NCc2ccccc2Cl)CCNC1. The monoisotopic (exact) mass is 281 g/mol. The van der Waals surface area contributed by atoms with Crippen molar-refractivity contribution in [2.75, 3.05) is 19.6 Å². The largest absolute Gasteiger partial charge is 0.351 e. The molecule has 1 heterocycles. The van der Waals surface area contributed by atoms with Crippen molar-refractivity contribution in [2.45, 2.75) is 25.4 Å². The molecule has 0 bridgehead atoms. The fraction of sp³-hybridized carbons (Fsp3) is 0.500. The van der Waals surface area contributed by atoms with Gasteiger partial charge in [0.2, 0.25) is 5.91 Å². The summed E-state index contributed by atoms with van der Waals surface area (Å²) < 4.78 is 0. The van der Waals surface area contributed by atoms with Crippen LogP contribution in [0.5, 0.6) is 0 Å². The van der Waals surface area contributed by atoms with E-state index in [9.17, 15) is 4.79 Å². The quantitative estimate of drug-likeness (QED) is 0.763. The molecule has 0 aromatic heterocycles. The maximum Gasteiger partial charge on any atom is 0.234 e. The maximum absolute atomic E-state index is 11.8. The van der Waals surface area contributed by atoms with Crippen LogP contribution < -0.4 is 16.0 Å². The minimum Gasteiger partial charge on any atom is -0.351 e. The zero-order chi connectivity index (χ0) is 13.7. The van der Waals surface area contributed by atoms with Gasteiger partial charge < -0.3 is 16.0 Å². The molecule has 0 aliphatic carbocycles. The predicted octanol–water partition coefficient (Wildman–Crippen LogP) is 1.30. The molecule has 19 heavy (non-hydrogen) atoms. The Morgan fingerprint density at radius 2 is 2.26 bits per heavy atom. The molecule has 1 aromatic rings. The third-order valence-electron chi connectivity index (χ3n) is 3.48. The first-order chi connectivity index (χ1) is 9.09. The van der Waals surface area contributed by atoms with Crippen molar-refractivity contribution >= 4 is 17.5 Å². The topological polar surface area (TPSA) is 53.2 Å². The zero-order valence-electron chi connectivity index (χ0n) is 11.1. The molecule has 2 rings (SSSR count). The molecule has 104 valence electrons. The molecule has 1 saturated heterocycles.